The number of nitrogens with two attached hydrogens (primary N) is 1. The van der Waals surface area contributed by atoms with Gasteiger partial charge in [0.05, 0.1) is 6.54 Å². The number of nitrogen functional groups attached to an aromatic ring is 1. The average molecular weight is 260 g/mol. The Kier molecular flexibility index (Phi) is 3.00. The number of hydrazine groups is 1. The summed E-state index contributed by atoms with van der Waals surface area (Å²) in [7, 11) is 0. The molecule has 0 radical (unpaired) electrons. The molecule has 8 nitrogen and oxygen atoms in total. The van der Waals surface area contributed by atoms with Crippen LogP contribution in [-0.2, 0) is 19.5 Å². The minimum atomic E-state index is 0.633. The van der Waals surface area contributed by atoms with E-state index in [1.165, 1.54) is 0 Å². The fourth-order valence-corrected chi connectivity index (χ4v) is 2.14. The molecule has 19 heavy (non-hydrogen) atoms. The third-order valence-electron chi connectivity index (χ3n) is 3.19. The molecule has 0 bridgehead atoms. The highest BCUT2D eigenvalue weighted by Crippen LogP contribution is 2.20. The maximum Gasteiger partial charge on any atom is 0.152 e. The van der Waals surface area contributed by atoms with E-state index in [1.807, 2.05) is 13.0 Å². The Morgan fingerprint density at radius 1 is 1.37 bits per heavy atom. The summed E-state index contributed by atoms with van der Waals surface area (Å²) in [4.78, 5) is 11.0. The lowest BCUT2D eigenvalue weighted by molar-refractivity contribution is 0.555. The molecule has 3 rings (SSSR count). The molecule has 0 aliphatic carbocycles. The summed E-state index contributed by atoms with van der Waals surface area (Å²) in [5.41, 5.74) is 2.58. The lowest BCUT2D eigenvalue weighted by Crippen LogP contribution is -2.34. The van der Waals surface area contributed by atoms with Gasteiger partial charge in [0.15, 0.2) is 5.82 Å². The van der Waals surface area contributed by atoms with Gasteiger partial charge in [-0.25, -0.2) is 15.8 Å². The number of hydrogen-bond donors (Lipinski definition) is 2. The Morgan fingerprint density at radius 3 is 3.05 bits per heavy atom. The van der Waals surface area contributed by atoms with Gasteiger partial charge in [0.2, 0.25) is 0 Å². The van der Waals surface area contributed by atoms with Gasteiger partial charge in [-0.2, -0.15) is 0 Å². The minimum Gasteiger partial charge on any atom is -0.347 e. The summed E-state index contributed by atoms with van der Waals surface area (Å²) in [6.45, 7) is 4.45. The van der Waals surface area contributed by atoms with Crippen molar-refractivity contribution in [3.05, 3.63) is 24.0 Å². The molecule has 0 amide bonds. The van der Waals surface area contributed by atoms with Gasteiger partial charge in [0, 0.05) is 25.6 Å². The molecule has 0 atom stereocenters. The Labute approximate surface area is 110 Å². The number of anilines is 2. The van der Waals surface area contributed by atoms with Gasteiger partial charge in [-0.3, -0.25) is 0 Å². The molecule has 0 unspecified atom stereocenters. The molecule has 0 fully saturated rings. The van der Waals surface area contributed by atoms with Crippen LogP contribution in [0.5, 0.6) is 0 Å². The molecule has 1 aliphatic heterocycles. The monoisotopic (exact) mass is 260 g/mol. The summed E-state index contributed by atoms with van der Waals surface area (Å²) in [5, 5.41) is 8.03. The van der Waals surface area contributed by atoms with Gasteiger partial charge in [-0.05, 0) is 0 Å². The molecule has 3 N–H and O–H groups in total. The highest BCUT2D eigenvalue weighted by atomic mass is 15.3. The first-order valence-corrected chi connectivity index (χ1v) is 6.26. The summed E-state index contributed by atoms with van der Waals surface area (Å²) in [5.74, 6) is 8.67. The van der Waals surface area contributed by atoms with Crippen LogP contribution >= 0.6 is 0 Å². The van der Waals surface area contributed by atoms with Crippen molar-refractivity contribution in [1.29, 1.82) is 0 Å². The summed E-state index contributed by atoms with van der Waals surface area (Å²) >= 11 is 0. The highest BCUT2D eigenvalue weighted by Gasteiger charge is 2.19. The average Bonchev–Trinajstić information content (AvgIpc) is 2.94. The van der Waals surface area contributed by atoms with Gasteiger partial charge < -0.3 is 14.9 Å². The molecule has 2 aromatic rings. The molecule has 1 aliphatic rings. The van der Waals surface area contributed by atoms with Crippen LogP contribution in [0.25, 0.3) is 0 Å². The van der Waals surface area contributed by atoms with Gasteiger partial charge in [0.25, 0.3) is 0 Å². The van der Waals surface area contributed by atoms with E-state index in [4.69, 9.17) is 5.84 Å². The fraction of sp³-hybridized carbons (Fsp3) is 0.455. The van der Waals surface area contributed by atoms with Crippen LogP contribution < -0.4 is 16.2 Å². The van der Waals surface area contributed by atoms with E-state index in [0.717, 1.165) is 37.0 Å². The Morgan fingerprint density at radius 2 is 2.26 bits per heavy atom. The second-order valence-electron chi connectivity index (χ2n) is 4.39. The molecule has 0 aromatic carbocycles. The molecular formula is C11H16N8. The van der Waals surface area contributed by atoms with Crippen LogP contribution in [0.3, 0.4) is 0 Å². The number of fused-ring (bicyclic) bond motifs is 1. The standard InChI is InChI=1S/C11H16N8/c1-2-8-14-9(16-12)5-10(15-8)18-3-4-19-7-13-17-11(19)6-18/h5,7H,2-4,6,12H2,1H3,(H,14,15,16). The van der Waals surface area contributed by atoms with E-state index in [0.29, 0.717) is 12.4 Å². The van der Waals surface area contributed by atoms with E-state index >= 15 is 0 Å². The largest absolute Gasteiger partial charge is 0.347 e. The smallest absolute Gasteiger partial charge is 0.152 e. The zero-order valence-electron chi connectivity index (χ0n) is 10.7. The predicted octanol–water partition coefficient (Wildman–Crippen LogP) is -0.0637. The lowest BCUT2D eigenvalue weighted by atomic mass is 10.3. The normalized spacial score (nSPS) is 14.3. The van der Waals surface area contributed by atoms with Crippen molar-refractivity contribution >= 4 is 11.6 Å². The van der Waals surface area contributed by atoms with Crippen LogP contribution in [-0.4, -0.2) is 31.3 Å². The van der Waals surface area contributed by atoms with E-state index in [-0.39, 0.29) is 0 Å². The summed E-state index contributed by atoms with van der Waals surface area (Å²) in [6.07, 6.45) is 2.53. The number of nitrogens with zero attached hydrogens (tertiary/aromatic N) is 6. The van der Waals surface area contributed by atoms with Crippen molar-refractivity contribution < 1.29 is 0 Å². The second kappa shape index (κ2) is 4.81. The van der Waals surface area contributed by atoms with E-state index in [2.05, 4.69) is 35.1 Å². The Hall–Kier alpha value is -2.22. The molecule has 0 spiro atoms. The quantitative estimate of drug-likeness (QED) is 0.589. The van der Waals surface area contributed by atoms with Crippen molar-refractivity contribution in [2.75, 3.05) is 16.9 Å². The van der Waals surface area contributed by atoms with Gasteiger partial charge >= 0.3 is 0 Å². The van der Waals surface area contributed by atoms with Crippen LogP contribution in [0.15, 0.2) is 12.4 Å². The fourth-order valence-electron chi connectivity index (χ4n) is 2.14. The van der Waals surface area contributed by atoms with Gasteiger partial charge in [-0.15, -0.1) is 10.2 Å². The maximum atomic E-state index is 5.45. The van der Waals surface area contributed by atoms with Crippen LogP contribution in [0.1, 0.15) is 18.6 Å². The summed E-state index contributed by atoms with van der Waals surface area (Å²) in [6, 6.07) is 1.85. The number of aromatic nitrogens is 5. The topological polar surface area (TPSA) is 97.8 Å². The van der Waals surface area contributed by atoms with Crippen molar-refractivity contribution in [1.82, 2.24) is 24.7 Å². The zero-order chi connectivity index (χ0) is 13.2. The molecule has 0 saturated carbocycles. The first-order valence-electron chi connectivity index (χ1n) is 6.26. The molecular weight excluding hydrogens is 244 g/mol. The maximum absolute atomic E-state index is 5.45. The number of rotatable bonds is 3. The molecule has 0 saturated heterocycles. The van der Waals surface area contributed by atoms with Crippen molar-refractivity contribution in [3.8, 4) is 0 Å². The van der Waals surface area contributed by atoms with Crippen LogP contribution in [0.4, 0.5) is 11.6 Å². The van der Waals surface area contributed by atoms with Crippen molar-refractivity contribution in [2.24, 2.45) is 5.84 Å². The van der Waals surface area contributed by atoms with Crippen LogP contribution in [0.2, 0.25) is 0 Å². The zero-order valence-corrected chi connectivity index (χ0v) is 10.7. The van der Waals surface area contributed by atoms with Crippen molar-refractivity contribution in [3.63, 3.8) is 0 Å². The lowest BCUT2D eigenvalue weighted by Gasteiger charge is -2.28. The second-order valence-corrected chi connectivity index (χ2v) is 4.39. The first kappa shape index (κ1) is 11.8. The number of aryl methyl sites for hydroxylation is 1. The third kappa shape index (κ3) is 2.22. The molecule has 3 heterocycles. The minimum absolute atomic E-state index is 0.633. The van der Waals surface area contributed by atoms with Crippen LogP contribution in [0, 0.1) is 0 Å². The first-order chi connectivity index (χ1) is 9.30. The third-order valence-corrected chi connectivity index (χ3v) is 3.19. The molecule has 100 valence electrons. The van der Waals surface area contributed by atoms with Crippen molar-refractivity contribution in [2.45, 2.75) is 26.4 Å². The SMILES string of the molecule is CCc1nc(NN)cc(N2CCn3cnnc3C2)n1. The van der Waals surface area contributed by atoms with E-state index < -0.39 is 0 Å². The highest BCUT2D eigenvalue weighted by molar-refractivity contribution is 5.49. The number of hydrogen-bond acceptors (Lipinski definition) is 7. The Balaban J connectivity index is 1.90. The van der Waals surface area contributed by atoms with Gasteiger partial charge in [0.1, 0.15) is 23.8 Å². The Bertz CT molecular complexity index is 556. The molecule has 8 heteroatoms. The predicted molar refractivity (Wildman–Crippen MR) is 70.3 cm³/mol. The van der Waals surface area contributed by atoms with Gasteiger partial charge in [-0.1, -0.05) is 6.92 Å². The number of nitrogens with one attached hydrogen (secondary N) is 1. The van der Waals surface area contributed by atoms with E-state index in [1.54, 1.807) is 6.33 Å². The van der Waals surface area contributed by atoms with E-state index in [9.17, 15) is 0 Å². The summed E-state index contributed by atoms with van der Waals surface area (Å²) < 4.78 is 2.06. The molecule has 2 aromatic heterocycles.